The molecule has 0 radical (unpaired) electrons. The first kappa shape index (κ1) is 12.4. The highest BCUT2D eigenvalue weighted by molar-refractivity contribution is 7.92. The molecule has 18 heavy (non-hydrogen) atoms. The third-order valence-electron chi connectivity index (χ3n) is 2.02. The van der Waals surface area contributed by atoms with Crippen molar-refractivity contribution in [2.24, 2.45) is 0 Å². The van der Waals surface area contributed by atoms with Crippen LogP contribution < -0.4 is 4.72 Å². The molecule has 0 atom stereocenters. The second-order valence-electron chi connectivity index (χ2n) is 3.43. The van der Waals surface area contributed by atoms with E-state index < -0.39 is 26.6 Å². The molecule has 6 nitrogen and oxygen atoms in total. The van der Waals surface area contributed by atoms with E-state index in [1.165, 1.54) is 0 Å². The molecule has 0 fully saturated rings. The molecule has 0 unspecified atom stereocenters. The van der Waals surface area contributed by atoms with Gasteiger partial charge in [-0.05, 0) is 25.1 Å². The van der Waals surface area contributed by atoms with Gasteiger partial charge in [0.2, 0.25) is 0 Å². The van der Waals surface area contributed by atoms with Crippen molar-refractivity contribution >= 4 is 16.0 Å². The molecule has 0 saturated heterocycles. The van der Waals surface area contributed by atoms with Gasteiger partial charge in [0.15, 0.2) is 11.6 Å². The Balaban J connectivity index is 2.33. The monoisotopic (exact) mass is 274 g/mol. The number of hydrogen-bond donors (Lipinski definition) is 2. The summed E-state index contributed by atoms with van der Waals surface area (Å²) < 4.78 is 51.2. The quantitative estimate of drug-likeness (QED) is 0.880. The predicted molar refractivity (Wildman–Crippen MR) is 58.3 cm³/mol. The molecule has 2 rings (SSSR count). The maximum Gasteiger partial charge on any atom is 0.264 e. The molecule has 0 aliphatic heterocycles. The van der Waals surface area contributed by atoms with E-state index >= 15 is 0 Å². The minimum atomic E-state index is -4.04. The Hall–Kier alpha value is -2.03. The fourth-order valence-corrected chi connectivity index (χ4v) is 2.17. The highest BCUT2D eigenvalue weighted by Gasteiger charge is 2.18. The summed E-state index contributed by atoms with van der Waals surface area (Å²) in [6.07, 6.45) is 0. The summed E-state index contributed by atoms with van der Waals surface area (Å²) >= 11 is 0. The number of rotatable bonds is 3. The van der Waals surface area contributed by atoms with Gasteiger partial charge in [-0.1, -0.05) is 0 Å². The lowest BCUT2D eigenvalue weighted by molar-refractivity contribution is 0.504. The van der Waals surface area contributed by atoms with Gasteiger partial charge in [-0.3, -0.25) is 5.10 Å². The Labute approximate surface area is 101 Å². The Bertz CT molecular complexity index is 684. The number of aromatic amines is 1. The summed E-state index contributed by atoms with van der Waals surface area (Å²) in [5.74, 6) is -2.12. The summed E-state index contributed by atoms with van der Waals surface area (Å²) in [5, 5.41) is 6.01. The highest BCUT2D eigenvalue weighted by atomic mass is 32.2. The van der Waals surface area contributed by atoms with E-state index in [1.807, 2.05) is 4.72 Å². The molecule has 9 heteroatoms. The van der Waals surface area contributed by atoms with Crippen LogP contribution in [0.25, 0.3) is 0 Å². The van der Waals surface area contributed by atoms with Crippen molar-refractivity contribution in [3.05, 3.63) is 35.7 Å². The van der Waals surface area contributed by atoms with Crippen LogP contribution in [0.4, 0.5) is 14.7 Å². The number of halogens is 2. The van der Waals surface area contributed by atoms with Crippen molar-refractivity contribution in [2.45, 2.75) is 11.8 Å². The van der Waals surface area contributed by atoms with E-state index in [4.69, 9.17) is 0 Å². The number of nitrogens with zero attached hydrogens (tertiary/aromatic N) is 2. The molecule has 0 spiro atoms. The van der Waals surface area contributed by atoms with E-state index in [1.54, 1.807) is 6.92 Å². The van der Waals surface area contributed by atoms with Crippen LogP contribution in [-0.4, -0.2) is 23.6 Å². The summed E-state index contributed by atoms with van der Waals surface area (Å²) in [6.45, 7) is 1.59. The zero-order valence-corrected chi connectivity index (χ0v) is 9.92. The second-order valence-corrected chi connectivity index (χ2v) is 5.11. The lowest BCUT2D eigenvalue weighted by atomic mass is 10.3. The Morgan fingerprint density at radius 1 is 1.28 bits per heavy atom. The van der Waals surface area contributed by atoms with Crippen LogP contribution in [0, 0.1) is 18.6 Å². The molecule has 2 aromatic rings. The van der Waals surface area contributed by atoms with Crippen LogP contribution in [0.3, 0.4) is 0 Å². The maximum absolute atomic E-state index is 12.9. The highest BCUT2D eigenvalue weighted by Crippen LogP contribution is 2.16. The van der Waals surface area contributed by atoms with Gasteiger partial charge < -0.3 is 0 Å². The van der Waals surface area contributed by atoms with Crippen molar-refractivity contribution in [1.29, 1.82) is 0 Å². The van der Waals surface area contributed by atoms with Gasteiger partial charge in [-0.2, -0.15) is 4.98 Å². The minimum absolute atomic E-state index is 0.169. The normalized spacial score (nSPS) is 11.5. The van der Waals surface area contributed by atoms with Gasteiger partial charge in [0.1, 0.15) is 5.82 Å². The molecule has 0 aliphatic rings. The van der Waals surface area contributed by atoms with E-state index in [-0.39, 0.29) is 5.95 Å². The Morgan fingerprint density at radius 2 is 2.00 bits per heavy atom. The molecule has 1 heterocycles. The summed E-state index contributed by atoms with van der Waals surface area (Å²) in [4.78, 5) is 3.32. The molecule has 96 valence electrons. The van der Waals surface area contributed by atoms with Gasteiger partial charge in [0, 0.05) is 0 Å². The number of aromatic nitrogens is 3. The number of sulfonamides is 1. The molecule has 1 aromatic carbocycles. The van der Waals surface area contributed by atoms with Crippen molar-refractivity contribution in [2.75, 3.05) is 4.72 Å². The van der Waals surface area contributed by atoms with Crippen molar-refractivity contribution < 1.29 is 17.2 Å². The van der Waals surface area contributed by atoms with E-state index in [9.17, 15) is 17.2 Å². The molecular weight excluding hydrogens is 266 g/mol. The minimum Gasteiger partial charge on any atom is -0.261 e. The number of hydrogen-bond acceptors (Lipinski definition) is 4. The number of benzene rings is 1. The fraction of sp³-hybridized carbons (Fsp3) is 0.111. The van der Waals surface area contributed by atoms with Crippen molar-refractivity contribution in [1.82, 2.24) is 15.2 Å². The average Bonchev–Trinajstić information content (AvgIpc) is 2.67. The second kappa shape index (κ2) is 4.33. The summed E-state index contributed by atoms with van der Waals surface area (Å²) in [6, 6.07) is 2.25. The first-order valence-corrected chi connectivity index (χ1v) is 6.24. The third-order valence-corrected chi connectivity index (χ3v) is 3.35. The molecule has 0 aliphatic carbocycles. The van der Waals surface area contributed by atoms with Gasteiger partial charge in [0.05, 0.1) is 4.90 Å². The summed E-state index contributed by atoms with van der Waals surface area (Å²) in [7, 11) is -4.04. The Kier molecular flexibility index (Phi) is 2.99. The lowest BCUT2D eigenvalue weighted by Crippen LogP contribution is -2.14. The van der Waals surface area contributed by atoms with Gasteiger partial charge in [-0.15, -0.1) is 5.10 Å². The van der Waals surface area contributed by atoms with Crippen LogP contribution >= 0.6 is 0 Å². The zero-order chi connectivity index (χ0) is 13.3. The van der Waals surface area contributed by atoms with Gasteiger partial charge in [-0.25, -0.2) is 21.9 Å². The Morgan fingerprint density at radius 3 is 2.56 bits per heavy atom. The largest absolute Gasteiger partial charge is 0.264 e. The SMILES string of the molecule is Cc1nc(NS(=O)(=O)c2ccc(F)c(F)c2)n[nH]1. The maximum atomic E-state index is 12.9. The summed E-state index contributed by atoms with van der Waals surface area (Å²) in [5.41, 5.74) is 0. The van der Waals surface area contributed by atoms with E-state index in [2.05, 4.69) is 15.2 Å². The fourth-order valence-electron chi connectivity index (χ4n) is 1.21. The molecule has 0 amide bonds. The first-order chi connectivity index (χ1) is 8.38. The number of aryl methyl sites for hydroxylation is 1. The van der Waals surface area contributed by atoms with Crippen molar-refractivity contribution in [3.8, 4) is 0 Å². The first-order valence-electron chi connectivity index (χ1n) is 4.75. The van der Waals surface area contributed by atoms with Gasteiger partial charge >= 0.3 is 0 Å². The van der Waals surface area contributed by atoms with E-state index in [0.717, 1.165) is 12.1 Å². The third kappa shape index (κ3) is 2.45. The number of anilines is 1. The molecule has 0 bridgehead atoms. The topological polar surface area (TPSA) is 87.7 Å². The molecular formula is C9H8F2N4O2S. The average molecular weight is 274 g/mol. The lowest BCUT2D eigenvalue weighted by Gasteiger charge is -2.04. The van der Waals surface area contributed by atoms with Crippen molar-refractivity contribution in [3.63, 3.8) is 0 Å². The van der Waals surface area contributed by atoms with E-state index in [0.29, 0.717) is 11.9 Å². The van der Waals surface area contributed by atoms with Crippen LogP contribution in [0.1, 0.15) is 5.82 Å². The van der Waals surface area contributed by atoms with Gasteiger partial charge in [0.25, 0.3) is 16.0 Å². The molecule has 1 aromatic heterocycles. The standard InChI is InChI=1S/C9H8F2N4O2S/c1-5-12-9(14-13-5)15-18(16,17)6-2-3-7(10)8(11)4-6/h2-4H,1H3,(H2,12,13,14,15). The molecule has 0 saturated carbocycles. The van der Waals surface area contributed by atoms with Crippen LogP contribution in [0.2, 0.25) is 0 Å². The predicted octanol–water partition coefficient (Wildman–Crippen LogP) is 1.19. The van der Waals surface area contributed by atoms with Crippen LogP contribution in [-0.2, 0) is 10.0 Å². The van der Waals surface area contributed by atoms with Crippen LogP contribution in [0.15, 0.2) is 23.1 Å². The number of nitrogens with one attached hydrogen (secondary N) is 2. The molecule has 2 N–H and O–H groups in total. The number of H-pyrrole nitrogens is 1. The van der Waals surface area contributed by atoms with Crippen LogP contribution in [0.5, 0.6) is 0 Å². The smallest absolute Gasteiger partial charge is 0.261 e. The zero-order valence-electron chi connectivity index (χ0n) is 9.11.